The fourth-order valence-corrected chi connectivity index (χ4v) is 4.26. The van der Waals surface area contributed by atoms with Crippen molar-refractivity contribution in [2.75, 3.05) is 13.2 Å². The van der Waals surface area contributed by atoms with Gasteiger partial charge in [-0.1, -0.05) is 17.3 Å². The predicted molar refractivity (Wildman–Crippen MR) is 118 cm³/mol. The molecule has 0 radical (unpaired) electrons. The standard InChI is InChI=1S/C24H30N4O3/c1-4-30-19-11-8-18(9-12-19)10-13-23(29)28-14-6-5-7-21(28)24-20(16-27(3)25-24)22-15-17(2)26-31-22/h8-9,11-12,15-16,21H,4-7,10,13-14H2,1-3H3/t21-/m1/s1. The molecule has 7 heteroatoms. The van der Waals surface area contributed by atoms with Crippen LogP contribution in [0.2, 0.25) is 0 Å². The summed E-state index contributed by atoms with van der Waals surface area (Å²) in [6.45, 7) is 5.29. The number of likely N-dealkylation sites (tertiary alicyclic amines) is 1. The van der Waals surface area contributed by atoms with Gasteiger partial charge in [0.25, 0.3) is 0 Å². The van der Waals surface area contributed by atoms with Gasteiger partial charge in [0.15, 0.2) is 5.76 Å². The van der Waals surface area contributed by atoms with Gasteiger partial charge in [-0.3, -0.25) is 9.48 Å². The summed E-state index contributed by atoms with van der Waals surface area (Å²) in [6.07, 6.45) is 6.16. The van der Waals surface area contributed by atoms with Gasteiger partial charge in [-0.05, 0) is 57.2 Å². The molecule has 3 aromatic rings. The highest BCUT2D eigenvalue weighted by atomic mass is 16.5. The number of rotatable bonds is 7. The van der Waals surface area contributed by atoms with E-state index in [1.54, 1.807) is 4.68 Å². The molecule has 0 spiro atoms. The molecule has 0 unspecified atom stereocenters. The molecule has 1 aromatic carbocycles. The van der Waals surface area contributed by atoms with Crippen LogP contribution in [0.15, 0.2) is 41.1 Å². The monoisotopic (exact) mass is 422 g/mol. The van der Waals surface area contributed by atoms with Crippen LogP contribution in [-0.4, -0.2) is 38.9 Å². The molecule has 1 aliphatic heterocycles. The minimum absolute atomic E-state index is 0.0387. The van der Waals surface area contributed by atoms with Gasteiger partial charge in [-0.15, -0.1) is 0 Å². The van der Waals surface area contributed by atoms with Crippen molar-refractivity contribution < 1.29 is 14.1 Å². The maximum Gasteiger partial charge on any atom is 0.223 e. The van der Waals surface area contributed by atoms with E-state index in [9.17, 15) is 4.79 Å². The van der Waals surface area contributed by atoms with Crippen molar-refractivity contribution in [2.24, 2.45) is 7.05 Å². The van der Waals surface area contributed by atoms with Crippen molar-refractivity contribution in [3.8, 4) is 17.1 Å². The number of nitrogens with zero attached hydrogens (tertiary/aromatic N) is 4. The molecular formula is C24H30N4O3. The Hall–Kier alpha value is -3.09. The second-order valence-corrected chi connectivity index (χ2v) is 8.11. The Kier molecular flexibility index (Phi) is 6.39. The second kappa shape index (κ2) is 9.37. The number of benzene rings is 1. The maximum atomic E-state index is 13.2. The first kappa shape index (κ1) is 21.2. The molecule has 2 aromatic heterocycles. The molecule has 1 atom stereocenters. The van der Waals surface area contributed by atoms with Gasteiger partial charge in [-0.25, -0.2) is 0 Å². The van der Waals surface area contributed by atoms with Gasteiger partial charge in [0, 0.05) is 32.3 Å². The fraction of sp³-hybridized carbons (Fsp3) is 0.458. The number of carbonyl (C=O) groups is 1. The summed E-state index contributed by atoms with van der Waals surface area (Å²) in [5.74, 6) is 1.73. The summed E-state index contributed by atoms with van der Waals surface area (Å²) in [4.78, 5) is 15.2. The number of amides is 1. The van der Waals surface area contributed by atoms with Crippen LogP contribution in [-0.2, 0) is 18.3 Å². The maximum absolute atomic E-state index is 13.2. The van der Waals surface area contributed by atoms with Crippen molar-refractivity contribution >= 4 is 5.91 Å². The number of hydrogen-bond acceptors (Lipinski definition) is 5. The Labute approximate surface area is 183 Å². The molecule has 0 N–H and O–H groups in total. The third-order valence-electron chi connectivity index (χ3n) is 5.75. The number of aryl methyl sites for hydroxylation is 3. The number of hydrogen-bond donors (Lipinski definition) is 0. The predicted octanol–water partition coefficient (Wildman–Crippen LogP) is 4.47. The average Bonchev–Trinajstić information content (AvgIpc) is 3.38. The lowest BCUT2D eigenvalue weighted by Gasteiger charge is -2.35. The molecule has 3 heterocycles. The van der Waals surface area contributed by atoms with Gasteiger partial charge < -0.3 is 14.2 Å². The molecule has 0 aliphatic carbocycles. The zero-order valence-electron chi connectivity index (χ0n) is 18.5. The quantitative estimate of drug-likeness (QED) is 0.562. The molecule has 164 valence electrons. The van der Waals surface area contributed by atoms with Gasteiger partial charge in [0.1, 0.15) is 5.75 Å². The minimum Gasteiger partial charge on any atom is -0.494 e. The number of ether oxygens (including phenoxy) is 1. The SMILES string of the molecule is CCOc1ccc(CCC(=O)N2CCCC[C@@H]2c2nn(C)cc2-c2cc(C)no2)cc1. The lowest BCUT2D eigenvalue weighted by atomic mass is 9.95. The summed E-state index contributed by atoms with van der Waals surface area (Å²) < 4.78 is 12.8. The summed E-state index contributed by atoms with van der Waals surface area (Å²) in [7, 11) is 1.90. The third kappa shape index (κ3) is 4.81. The van der Waals surface area contributed by atoms with E-state index in [1.807, 2.05) is 62.3 Å². The van der Waals surface area contributed by atoms with E-state index in [2.05, 4.69) is 5.16 Å². The van der Waals surface area contributed by atoms with Crippen LogP contribution in [0, 0.1) is 6.92 Å². The van der Waals surface area contributed by atoms with Crippen molar-refractivity contribution in [2.45, 2.75) is 52.0 Å². The van der Waals surface area contributed by atoms with Crippen LogP contribution in [0.1, 0.15) is 55.6 Å². The first-order valence-electron chi connectivity index (χ1n) is 11.0. The van der Waals surface area contributed by atoms with E-state index < -0.39 is 0 Å². The highest BCUT2D eigenvalue weighted by Crippen LogP contribution is 2.36. The molecule has 0 bridgehead atoms. The van der Waals surface area contributed by atoms with E-state index in [1.165, 1.54) is 0 Å². The van der Waals surface area contributed by atoms with Crippen molar-refractivity contribution in [1.82, 2.24) is 19.8 Å². The smallest absolute Gasteiger partial charge is 0.223 e. The molecule has 1 saturated heterocycles. The van der Waals surface area contributed by atoms with E-state index >= 15 is 0 Å². The number of piperidine rings is 1. The highest BCUT2D eigenvalue weighted by Gasteiger charge is 2.32. The van der Waals surface area contributed by atoms with Crippen LogP contribution >= 0.6 is 0 Å². The molecule has 4 rings (SSSR count). The topological polar surface area (TPSA) is 73.4 Å². The van der Waals surface area contributed by atoms with E-state index in [-0.39, 0.29) is 11.9 Å². The number of aromatic nitrogens is 3. The minimum atomic E-state index is -0.0387. The van der Waals surface area contributed by atoms with Crippen LogP contribution in [0.4, 0.5) is 0 Å². The zero-order valence-corrected chi connectivity index (χ0v) is 18.5. The summed E-state index contributed by atoms with van der Waals surface area (Å²) in [6, 6.07) is 9.88. The lowest BCUT2D eigenvalue weighted by Crippen LogP contribution is -2.39. The van der Waals surface area contributed by atoms with Gasteiger partial charge in [0.2, 0.25) is 5.91 Å². The van der Waals surface area contributed by atoms with Crippen LogP contribution in [0.3, 0.4) is 0 Å². The Morgan fingerprint density at radius 3 is 2.77 bits per heavy atom. The molecule has 1 fully saturated rings. The van der Waals surface area contributed by atoms with Crippen molar-refractivity contribution in [1.29, 1.82) is 0 Å². The largest absolute Gasteiger partial charge is 0.494 e. The molecular weight excluding hydrogens is 392 g/mol. The Morgan fingerprint density at radius 1 is 1.26 bits per heavy atom. The van der Waals surface area contributed by atoms with E-state index in [4.69, 9.17) is 14.4 Å². The Balaban J connectivity index is 1.49. The molecule has 7 nitrogen and oxygen atoms in total. The fourth-order valence-electron chi connectivity index (χ4n) is 4.26. The summed E-state index contributed by atoms with van der Waals surface area (Å²) in [5.41, 5.74) is 3.78. The van der Waals surface area contributed by atoms with Crippen molar-refractivity contribution in [3.63, 3.8) is 0 Å². The van der Waals surface area contributed by atoms with Gasteiger partial charge in [-0.2, -0.15) is 5.10 Å². The summed E-state index contributed by atoms with van der Waals surface area (Å²) >= 11 is 0. The molecule has 31 heavy (non-hydrogen) atoms. The van der Waals surface area contributed by atoms with Crippen molar-refractivity contribution in [3.05, 3.63) is 53.5 Å². The molecule has 1 amide bonds. The second-order valence-electron chi connectivity index (χ2n) is 8.11. The normalized spacial score (nSPS) is 16.5. The first-order chi connectivity index (χ1) is 15.0. The van der Waals surface area contributed by atoms with Crippen LogP contribution in [0.25, 0.3) is 11.3 Å². The third-order valence-corrected chi connectivity index (χ3v) is 5.75. The zero-order chi connectivity index (χ0) is 21.8. The molecule has 0 saturated carbocycles. The Morgan fingerprint density at radius 2 is 2.06 bits per heavy atom. The van der Waals surface area contributed by atoms with Gasteiger partial charge >= 0.3 is 0 Å². The lowest BCUT2D eigenvalue weighted by molar-refractivity contribution is -0.135. The van der Waals surface area contributed by atoms with Gasteiger partial charge in [0.05, 0.1) is 29.6 Å². The first-order valence-corrected chi connectivity index (χ1v) is 11.0. The highest BCUT2D eigenvalue weighted by molar-refractivity contribution is 5.77. The number of carbonyl (C=O) groups excluding carboxylic acids is 1. The Bertz CT molecular complexity index is 1020. The summed E-state index contributed by atoms with van der Waals surface area (Å²) in [5, 5.41) is 8.74. The van der Waals surface area contributed by atoms with E-state index in [0.29, 0.717) is 25.2 Å². The van der Waals surface area contributed by atoms with Crippen LogP contribution in [0.5, 0.6) is 5.75 Å². The average molecular weight is 423 g/mol. The van der Waals surface area contributed by atoms with Crippen LogP contribution < -0.4 is 4.74 Å². The molecule has 1 aliphatic rings. The van der Waals surface area contributed by atoms with E-state index in [0.717, 1.165) is 54.1 Å².